The van der Waals surface area contributed by atoms with Gasteiger partial charge in [-0.05, 0) is 59.2 Å². The van der Waals surface area contributed by atoms with Gasteiger partial charge in [0.25, 0.3) is 0 Å². The predicted molar refractivity (Wildman–Crippen MR) is 114 cm³/mol. The fraction of sp³-hybridized carbons (Fsp3) is 0.417. The third kappa shape index (κ3) is 3.04. The minimum Gasteiger partial charge on any atom is -0.342 e. The Hall–Kier alpha value is -2.66. The van der Waals surface area contributed by atoms with Crippen LogP contribution in [0.25, 0.3) is 11.1 Å². The lowest BCUT2D eigenvalue weighted by Gasteiger charge is -2.24. The number of hydrogen-bond donors (Lipinski definition) is 1. The summed E-state index contributed by atoms with van der Waals surface area (Å²) in [7, 11) is 0. The lowest BCUT2D eigenvalue weighted by molar-refractivity contribution is -0.135. The van der Waals surface area contributed by atoms with Crippen LogP contribution >= 0.6 is 0 Å². The molecule has 2 saturated heterocycles. The molecule has 0 aromatic heterocycles. The monoisotopic (exact) mass is 389 g/mol. The second kappa shape index (κ2) is 6.70. The summed E-state index contributed by atoms with van der Waals surface area (Å²) in [6.07, 6.45) is 2.13. The number of nitrogens with zero attached hydrogens (tertiary/aromatic N) is 2. The van der Waals surface area contributed by atoms with Crippen LogP contribution in [0, 0.1) is 11.3 Å². The van der Waals surface area contributed by atoms with Crippen LogP contribution in [0.4, 0.5) is 5.69 Å². The molecule has 3 aliphatic rings. The van der Waals surface area contributed by atoms with Crippen molar-refractivity contribution in [1.29, 1.82) is 0 Å². The normalized spacial score (nSPS) is 25.4. The van der Waals surface area contributed by atoms with Gasteiger partial charge in [-0.1, -0.05) is 37.3 Å². The summed E-state index contributed by atoms with van der Waals surface area (Å²) in [6.45, 7) is 4.64. The molecule has 0 radical (unpaired) electrons. The van der Waals surface area contributed by atoms with Gasteiger partial charge in [-0.15, -0.1) is 0 Å². The highest BCUT2D eigenvalue weighted by molar-refractivity contribution is 6.00. The topological polar surface area (TPSA) is 66.6 Å². The standard InChI is InChI=1S/C24H27N3O2/c1-24(14-25)8-9-26(15-24)23(29)18-12-22(28)27(13-18)19-6-7-21-17(11-19)10-16-4-2-3-5-20(16)21/h2-7,11,18H,8-10,12-15,25H2,1H3. The molecule has 2 aromatic carbocycles. The maximum Gasteiger partial charge on any atom is 0.228 e. The molecule has 5 nitrogen and oxygen atoms in total. The molecule has 5 rings (SSSR count). The molecule has 2 amide bonds. The Kier molecular flexibility index (Phi) is 4.24. The Bertz CT molecular complexity index is 1000. The van der Waals surface area contributed by atoms with Gasteiger partial charge in [-0.3, -0.25) is 9.59 Å². The highest BCUT2D eigenvalue weighted by Gasteiger charge is 2.41. The van der Waals surface area contributed by atoms with Gasteiger partial charge in [0, 0.05) is 31.7 Å². The van der Waals surface area contributed by atoms with E-state index in [1.165, 1.54) is 22.3 Å². The highest BCUT2D eigenvalue weighted by atomic mass is 16.2. The van der Waals surface area contributed by atoms with E-state index in [0.717, 1.165) is 25.1 Å². The molecule has 0 saturated carbocycles. The maximum absolute atomic E-state index is 13.0. The quantitative estimate of drug-likeness (QED) is 0.749. The first-order valence-electron chi connectivity index (χ1n) is 10.5. The van der Waals surface area contributed by atoms with E-state index in [2.05, 4.69) is 43.3 Å². The molecule has 2 atom stereocenters. The zero-order chi connectivity index (χ0) is 20.2. The van der Waals surface area contributed by atoms with Crippen LogP contribution < -0.4 is 10.6 Å². The van der Waals surface area contributed by atoms with Crippen molar-refractivity contribution in [1.82, 2.24) is 4.90 Å². The molecule has 0 spiro atoms. The third-order valence-corrected chi connectivity index (χ3v) is 6.93. The van der Waals surface area contributed by atoms with Gasteiger partial charge < -0.3 is 15.5 Å². The SMILES string of the molecule is CC1(CN)CCN(C(=O)C2CC(=O)N(c3ccc4c(c3)Cc3ccccc3-4)C2)C1. The number of nitrogens with two attached hydrogens (primary N) is 1. The Morgan fingerprint density at radius 3 is 2.76 bits per heavy atom. The molecule has 2 aliphatic heterocycles. The summed E-state index contributed by atoms with van der Waals surface area (Å²) in [5, 5.41) is 0. The number of likely N-dealkylation sites (tertiary alicyclic amines) is 1. The Balaban J connectivity index is 1.33. The average molecular weight is 389 g/mol. The third-order valence-electron chi connectivity index (χ3n) is 6.93. The lowest BCUT2D eigenvalue weighted by atomic mass is 9.90. The molecular formula is C24H27N3O2. The molecule has 2 N–H and O–H groups in total. The van der Waals surface area contributed by atoms with E-state index < -0.39 is 0 Å². The van der Waals surface area contributed by atoms with Crippen molar-refractivity contribution in [3.8, 4) is 11.1 Å². The van der Waals surface area contributed by atoms with E-state index in [9.17, 15) is 9.59 Å². The lowest BCUT2D eigenvalue weighted by Crippen LogP contribution is -2.38. The summed E-state index contributed by atoms with van der Waals surface area (Å²) < 4.78 is 0. The summed E-state index contributed by atoms with van der Waals surface area (Å²) in [4.78, 5) is 29.5. The van der Waals surface area contributed by atoms with Crippen molar-refractivity contribution < 1.29 is 9.59 Å². The van der Waals surface area contributed by atoms with Crippen molar-refractivity contribution in [2.45, 2.75) is 26.2 Å². The van der Waals surface area contributed by atoms with Crippen LogP contribution in [-0.2, 0) is 16.0 Å². The first-order valence-corrected chi connectivity index (χ1v) is 10.5. The largest absolute Gasteiger partial charge is 0.342 e. The van der Waals surface area contributed by atoms with Gasteiger partial charge in [0.05, 0.1) is 5.92 Å². The van der Waals surface area contributed by atoms with Crippen molar-refractivity contribution in [2.24, 2.45) is 17.1 Å². The van der Waals surface area contributed by atoms with E-state index in [4.69, 9.17) is 5.73 Å². The number of hydrogen-bond acceptors (Lipinski definition) is 3. The fourth-order valence-corrected chi connectivity index (χ4v) is 5.06. The smallest absolute Gasteiger partial charge is 0.228 e. The number of benzene rings is 2. The van der Waals surface area contributed by atoms with E-state index in [1.54, 1.807) is 4.90 Å². The van der Waals surface area contributed by atoms with Gasteiger partial charge in [-0.2, -0.15) is 0 Å². The Morgan fingerprint density at radius 2 is 1.97 bits per heavy atom. The number of fused-ring (bicyclic) bond motifs is 3. The maximum atomic E-state index is 13.0. The van der Waals surface area contributed by atoms with Gasteiger partial charge in [-0.25, -0.2) is 0 Å². The summed E-state index contributed by atoms with van der Waals surface area (Å²) in [6, 6.07) is 14.7. The fourth-order valence-electron chi connectivity index (χ4n) is 5.06. The number of carbonyl (C=O) groups is 2. The molecule has 2 unspecified atom stereocenters. The first-order chi connectivity index (χ1) is 14.0. The minimum atomic E-state index is -0.256. The summed E-state index contributed by atoms with van der Waals surface area (Å²) in [5.41, 5.74) is 11.9. The van der Waals surface area contributed by atoms with E-state index in [-0.39, 0.29) is 23.1 Å². The van der Waals surface area contributed by atoms with E-state index in [0.29, 0.717) is 26.1 Å². The van der Waals surface area contributed by atoms with Crippen molar-refractivity contribution in [3.63, 3.8) is 0 Å². The van der Waals surface area contributed by atoms with Gasteiger partial charge in [0.15, 0.2) is 0 Å². The van der Waals surface area contributed by atoms with E-state index >= 15 is 0 Å². The van der Waals surface area contributed by atoms with Gasteiger partial charge in [0.2, 0.25) is 11.8 Å². The average Bonchev–Trinajstić information content (AvgIpc) is 3.42. The van der Waals surface area contributed by atoms with Crippen LogP contribution in [0.15, 0.2) is 42.5 Å². The van der Waals surface area contributed by atoms with Crippen LogP contribution in [0.2, 0.25) is 0 Å². The molecule has 0 bridgehead atoms. The van der Waals surface area contributed by atoms with Crippen molar-refractivity contribution in [3.05, 3.63) is 53.6 Å². The van der Waals surface area contributed by atoms with Crippen molar-refractivity contribution in [2.75, 3.05) is 31.1 Å². The molecule has 29 heavy (non-hydrogen) atoms. The molecule has 1 aliphatic carbocycles. The van der Waals surface area contributed by atoms with Crippen molar-refractivity contribution >= 4 is 17.5 Å². The minimum absolute atomic E-state index is 0.00690. The van der Waals surface area contributed by atoms with Crippen LogP contribution in [-0.4, -0.2) is 42.9 Å². The number of rotatable bonds is 3. The number of amides is 2. The van der Waals surface area contributed by atoms with Gasteiger partial charge in [0.1, 0.15) is 0 Å². The van der Waals surface area contributed by atoms with Crippen LogP contribution in [0.3, 0.4) is 0 Å². The molecule has 2 aromatic rings. The zero-order valence-electron chi connectivity index (χ0n) is 16.9. The summed E-state index contributed by atoms with van der Waals surface area (Å²) >= 11 is 0. The number of carbonyl (C=O) groups excluding carboxylic acids is 2. The van der Waals surface area contributed by atoms with Crippen LogP contribution in [0.5, 0.6) is 0 Å². The Morgan fingerprint density at radius 1 is 1.17 bits per heavy atom. The molecule has 2 fully saturated rings. The van der Waals surface area contributed by atoms with E-state index in [1.807, 2.05) is 11.0 Å². The van der Waals surface area contributed by atoms with Gasteiger partial charge >= 0.3 is 0 Å². The first kappa shape index (κ1) is 18.4. The molecule has 5 heteroatoms. The zero-order valence-corrected chi connectivity index (χ0v) is 16.9. The molecule has 150 valence electrons. The summed E-state index contributed by atoms with van der Waals surface area (Å²) in [5.74, 6) is -0.112. The highest BCUT2D eigenvalue weighted by Crippen LogP contribution is 2.39. The van der Waals surface area contributed by atoms with Crippen LogP contribution in [0.1, 0.15) is 30.9 Å². The predicted octanol–water partition coefficient (Wildman–Crippen LogP) is 2.81. The number of anilines is 1. The molecule has 2 heterocycles. The second-order valence-corrected chi connectivity index (χ2v) is 9.11. The Labute approximate surface area is 171 Å². The second-order valence-electron chi connectivity index (χ2n) is 9.11. The molecular weight excluding hydrogens is 362 g/mol.